The van der Waals surface area contributed by atoms with Crippen LogP contribution in [0.3, 0.4) is 0 Å². The van der Waals surface area contributed by atoms with E-state index in [9.17, 15) is 14.7 Å². The van der Waals surface area contributed by atoms with E-state index in [0.29, 0.717) is 12.8 Å². The zero-order chi connectivity index (χ0) is 54.8. The lowest BCUT2D eigenvalue weighted by Crippen LogP contribution is -2.28. The van der Waals surface area contributed by atoms with E-state index in [-0.39, 0.29) is 25.2 Å². The second kappa shape index (κ2) is 65.6. The standard InChI is InChI=1S/C71H120O5/c1-3-5-7-9-11-13-15-17-19-21-23-25-27-29-30-31-32-33-34-35-36-37-38-39-40-42-44-46-48-50-52-54-56-58-60-62-64-66-71(74)76-69(67-72)68-75-70(73)65-63-61-59-57-55-53-51-49-47-45-43-41-28-26-24-22-20-18-16-14-12-10-8-6-4-2/h5,7,11,13,16-19,22-25,29-30,32-33,35-36,38-39,69,72H,3-4,6,8-10,12,14-15,20-21,26-28,31,34,37,40-68H2,1-2H3/b7-5-,13-11-,18-16-,19-17-,24-22-,25-23-,30-29-,33-32-,36-35-,39-38-. The van der Waals surface area contributed by atoms with E-state index in [1.54, 1.807) is 0 Å². The van der Waals surface area contributed by atoms with Gasteiger partial charge in [0.05, 0.1) is 6.61 Å². The highest BCUT2D eigenvalue weighted by Crippen LogP contribution is 2.16. The number of allylic oxidation sites excluding steroid dienone is 20. The van der Waals surface area contributed by atoms with Crippen molar-refractivity contribution in [1.29, 1.82) is 0 Å². The van der Waals surface area contributed by atoms with Crippen LogP contribution in [0.4, 0.5) is 0 Å². The topological polar surface area (TPSA) is 72.8 Å². The summed E-state index contributed by atoms with van der Waals surface area (Å²) in [6, 6.07) is 0. The molecule has 0 heterocycles. The third-order valence-corrected chi connectivity index (χ3v) is 13.7. The summed E-state index contributed by atoms with van der Waals surface area (Å²) in [6.07, 6.45) is 96.2. The third kappa shape index (κ3) is 62.8. The molecule has 0 aromatic heterocycles. The van der Waals surface area contributed by atoms with Crippen LogP contribution in [-0.2, 0) is 19.1 Å². The monoisotopic (exact) mass is 1050 g/mol. The molecule has 0 aromatic rings. The SMILES string of the molecule is CC/C=C\C/C=C\C/C=C\C/C=C\C/C=C\C/C=C\C/C=C\C/C=C\CCCCCCCCCCCCCCC(=O)OC(CO)COC(=O)CCCCCCCCCCCCCCC/C=C\C/C=C\CCCCCCC. The Hall–Kier alpha value is -3.70. The maximum absolute atomic E-state index is 12.3. The van der Waals surface area contributed by atoms with Gasteiger partial charge in [0.15, 0.2) is 6.10 Å². The minimum atomic E-state index is -0.781. The number of unbranched alkanes of at least 4 members (excludes halogenated alkanes) is 30. The van der Waals surface area contributed by atoms with Crippen molar-refractivity contribution in [3.05, 3.63) is 122 Å². The largest absolute Gasteiger partial charge is 0.462 e. The van der Waals surface area contributed by atoms with Crippen molar-refractivity contribution in [2.75, 3.05) is 13.2 Å². The fraction of sp³-hybridized carbons (Fsp3) is 0.690. The summed E-state index contributed by atoms with van der Waals surface area (Å²) in [7, 11) is 0. The number of aliphatic hydroxyl groups is 1. The first kappa shape index (κ1) is 72.3. The Balaban J connectivity index is 3.52. The molecule has 1 atom stereocenters. The molecule has 0 aliphatic carbocycles. The van der Waals surface area contributed by atoms with E-state index in [1.807, 2.05) is 0 Å². The van der Waals surface area contributed by atoms with Crippen LogP contribution in [0, 0.1) is 0 Å². The molecule has 0 bridgehead atoms. The molecule has 0 amide bonds. The van der Waals surface area contributed by atoms with Gasteiger partial charge in [0, 0.05) is 12.8 Å². The van der Waals surface area contributed by atoms with Gasteiger partial charge in [0.25, 0.3) is 0 Å². The van der Waals surface area contributed by atoms with Crippen molar-refractivity contribution in [2.45, 2.75) is 302 Å². The average molecular weight is 1050 g/mol. The molecule has 434 valence electrons. The number of ether oxygens (including phenoxy) is 2. The van der Waals surface area contributed by atoms with Gasteiger partial charge in [-0.1, -0.05) is 296 Å². The first-order valence-electron chi connectivity index (χ1n) is 32.1. The summed E-state index contributed by atoms with van der Waals surface area (Å²) in [6.45, 7) is 4.03. The highest BCUT2D eigenvalue weighted by Gasteiger charge is 2.16. The summed E-state index contributed by atoms with van der Waals surface area (Å²) in [4.78, 5) is 24.6. The minimum Gasteiger partial charge on any atom is -0.462 e. The number of aliphatic hydroxyl groups excluding tert-OH is 1. The molecule has 0 aliphatic rings. The lowest BCUT2D eigenvalue weighted by Gasteiger charge is -2.15. The number of hydrogen-bond acceptors (Lipinski definition) is 5. The van der Waals surface area contributed by atoms with Crippen LogP contribution < -0.4 is 0 Å². The van der Waals surface area contributed by atoms with Crippen molar-refractivity contribution in [2.24, 2.45) is 0 Å². The van der Waals surface area contributed by atoms with Crippen LogP contribution in [0.1, 0.15) is 296 Å². The van der Waals surface area contributed by atoms with E-state index in [0.717, 1.165) is 96.3 Å². The molecule has 0 spiro atoms. The van der Waals surface area contributed by atoms with Crippen LogP contribution in [0.25, 0.3) is 0 Å². The van der Waals surface area contributed by atoms with Crippen molar-refractivity contribution in [3.63, 3.8) is 0 Å². The van der Waals surface area contributed by atoms with Gasteiger partial charge in [-0.05, 0) is 109 Å². The predicted octanol–water partition coefficient (Wildman–Crippen LogP) is 22.2. The molecular weight excluding hydrogens is 933 g/mol. The molecule has 5 nitrogen and oxygen atoms in total. The second-order valence-electron chi connectivity index (χ2n) is 21.1. The van der Waals surface area contributed by atoms with Gasteiger partial charge >= 0.3 is 11.9 Å². The van der Waals surface area contributed by atoms with Gasteiger partial charge in [0.2, 0.25) is 0 Å². The van der Waals surface area contributed by atoms with E-state index in [2.05, 4.69) is 135 Å². The van der Waals surface area contributed by atoms with E-state index >= 15 is 0 Å². The number of rotatable bonds is 58. The average Bonchev–Trinajstić information content (AvgIpc) is 3.42. The maximum Gasteiger partial charge on any atom is 0.306 e. The van der Waals surface area contributed by atoms with Crippen LogP contribution in [0.15, 0.2) is 122 Å². The quantitative estimate of drug-likeness (QED) is 0.0373. The first-order valence-corrected chi connectivity index (χ1v) is 32.1. The Kier molecular flexibility index (Phi) is 62.4. The molecule has 0 fully saturated rings. The molecule has 0 aliphatic heterocycles. The van der Waals surface area contributed by atoms with Gasteiger partial charge in [-0.25, -0.2) is 0 Å². The number of hydrogen-bond donors (Lipinski definition) is 1. The number of carbonyl (C=O) groups excluding carboxylic acids is 2. The molecule has 0 saturated carbocycles. The van der Waals surface area contributed by atoms with Gasteiger partial charge < -0.3 is 14.6 Å². The molecule has 0 aromatic carbocycles. The fourth-order valence-corrected chi connectivity index (χ4v) is 8.96. The molecule has 1 unspecified atom stereocenters. The summed E-state index contributed by atoms with van der Waals surface area (Å²) < 4.78 is 10.7. The summed E-state index contributed by atoms with van der Waals surface area (Å²) >= 11 is 0. The summed E-state index contributed by atoms with van der Waals surface area (Å²) in [5.74, 6) is -0.590. The zero-order valence-electron chi connectivity index (χ0n) is 49.7. The summed E-state index contributed by atoms with van der Waals surface area (Å²) in [5.41, 5.74) is 0. The number of esters is 2. The highest BCUT2D eigenvalue weighted by atomic mass is 16.6. The second-order valence-corrected chi connectivity index (χ2v) is 21.1. The Labute approximate surface area is 471 Å². The maximum atomic E-state index is 12.3. The summed E-state index contributed by atoms with van der Waals surface area (Å²) in [5, 5.41) is 9.68. The molecule has 76 heavy (non-hydrogen) atoms. The Bertz CT molecular complexity index is 1520. The van der Waals surface area contributed by atoms with Crippen molar-refractivity contribution in [1.82, 2.24) is 0 Å². The highest BCUT2D eigenvalue weighted by molar-refractivity contribution is 5.70. The molecular formula is C71H120O5. The Morgan fingerprint density at radius 2 is 0.566 bits per heavy atom. The predicted molar refractivity (Wildman–Crippen MR) is 334 cm³/mol. The van der Waals surface area contributed by atoms with E-state index in [4.69, 9.17) is 9.47 Å². The van der Waals surface area contributed by atoms with Crippen LogP contribution in [-0.4, -0.2) is 36.4 Å². The first-order chi connectivity index (χ1) is 37.6. The zero-order valence-corrected chi connectivity index (χ0v) is 49.7. The van der Waals surface area contributed by atoms with Crippen molar-refractivity contribution in [3.8, 4) is 0 Å². The van der Waals surface area contributed by atoms with Gasteiger partial charge in [-0.15, -0.1) is 0 Å². The smallest absolute Gasteiger partial charge is 0.306 e. The molecule has 1 N–H and O–H groups in total. The molecule has 0 rings (SSSR count). The van der Waals surface area contributed by atoms with Crippen molar-refractivity contribution >= 4 is 11.9 Å². The lowest BCUT2D eigenvalue weighted by molar-refractivity contribution is -0.161. The minimum absolute atomic E-state index is 0.0705. The normalized spacial score (nSPS) is 13.0. The lowest BCUT2D eigenvalue weighted by atomic mass is 10.0. The third-order valence-electron chi connectivity index (χ3n) is 13.7. The Morgan fingerprint density at radius 3 is 0.855 bits per heavy atom. The van der Waals surface area contributed by atoms with Crippen molar-refractivity contribution < 1.29 is 24.2 Å². The fourth-order valence-electron chi connectivity index (χ4n) is 8.96. The molecule has 0 radical (unpaired) electrons. The van der Waals surface area contributed by atoms with Crippen LogP contribution in [0.2, 0.25) is 0 Å². The molecule has 5 heteroatoms. The van der Waals surface area contributed by atoms with Gasteiger partial charge in [0.1, 0.15) is 6.61 Å². The van der Waals surface area contributed by atoms with Crippen LogP contribution in [0.5, 0.6) is 0 Å². The number of carbonyl (C=O) groups is 2. The van der Waals surface area contributed by atoms with Gasteiger partial charge in [-0.2, -0.15) is 0 Å². The van der Waals surface area contributed by atoms with Crippen LogP contribution >= 0.6 is 0 Å². The van der Waals surface area contributed by atoms with E-state index in [1.165, 1.54) is 173 Å². The van der Waals surface area contributed by atoms with E-state index < -0.39 is 6.10 Å². The van der Waals surface area contributed by atoms with Gasteiger partial charge in [-0.3, -0.25) is 9.59 Å². The molecule has 0 saturated heterocycles. The Morgan fingerprint density at radius 1 is 0.316 bits per heavy atom.